The molecule has 1 N–H and O–H groups in total. The molecule has 0 spiro atoms. The molecule has 17 heavy (non-hydrogen) atoms. The van der Waals surface area contributed by atoms with E-state index in [9.17, 15) is 0 Å². The van der Waals surface area contributed by atoms with Crippen molar-refractivity contribution in [3.8, 4) is 0 Å². The van der Waals surface area contributed by atoms with E-state index in [4.69, 9.17) is 4.74 Å². The van der Waals surface area contributed by atoms with Gasteiger partial charge in [-0.1, -0.05) is 33.6 Å². The maximum Gasteiger partial charge on any atom is 0.0597 e. The van der Waals surface area contributed by atoms with Gasteiger partial charge in [-0.3, -0.25) is 0 Å². The SMILES string of the molecule is CCCCC(NCCC)C1C(C)OC(C)C1C. The Morgan fingerprint density at radius 1 is 1.06 bits per heavy atom. The van der Waals surface area contributed by atoms with E-state index in [0.717, 1.165) is 6.54 Å². The molecule has 0 amide bonds. The van der Waals surface area contributed by atoms with E-state index in [2.05, 4.69) is 39.9 Å². The van der Waals surface area contributed by atoms with E-state index < -0.39 is 0 Å². The van der Waals surface area contributed by atoms with Crippen LogP contribution in [0.25, 0.3) is 0 Å². The maximum absolute atomic E-state index is 5.99. The van der Waals surface area contributed by atoms with E-state index in [-0.39, 0.29) is 0 Å². The minimum atomic E-state index is 0.409. The van der Waals surface area contributed by atoms with Crippen LogP contribution in [0.1, 0.15) is 60.3 Å². The molecule has 0 aromatic heterocycles. The summed E-state index contributed by atoms with van der Waals surface area (Å²) in [6.07, 6.45) is 5.95. The average molecular weight is 241 g/mol. The van der Waals surface area contributed by atoms with E-state index in [1.165, 1.54) is 25.7 Å². The molecule has 1 rings (SSSR count). The Kier molecular flexibility index (Phi) is 6.50. The molecule has 2 heteroatoms. The third-order valence-electron chi connectivity index (χ3n) is 4.31. The molecule has 0 radical (unpaired) electrons. The van der Waals surface area contributed by atoms with Crippen LogP contribution in [0.5, 0.6) is 0 Å². The molecule has 1 fully saturated rings. The van der Waals surface area contributed by atoms with E-state index in [1.807, 2.05) is 0 Å². The average Bonchev–Trinajstić information content (AvgIpc) is 2.55. The van der Waals surface area contributed by atoms with Gasteiger partial charge in [-0.2, -0.15) is 0 Å². The molecule has 2 nitrogen and oxygen atoms in total. The second kappa shape index (κ2) is 7.38. The summed E-state index contributed by atoms with van der Waals surface area (Å²) in [7, 11) is 0. The highest BCUT2D eigenvalue weighted by molar-refractivity contribution is 4.91. The van der Waals surface area contributed by atoms with Gasteiger partial charge in [0.15, 0.2) is 0 Å². The lowest BCUT2D eigenvalue weighted by Gasteiger charge is -2.30. The monoisotopic (exact) mass is 241 g/mol. The normalized spacial score (nSPS) is 35.1. The first kappa shape index (κ1) is 15.0. The molecule has 5 atom stereocenters. The topological polar surface area (TPSA) is 21.3 Å². The predicted molar refractivity (Wildman–Crippen MR) is 74.3 cm³/mol. The van der Waals surface area contributed by atoms with Crippen molar-refractivity contribution >= 4 is 0 Å². The van der Waals surface area contributed by atoms with Crippen molar-refractivity contribution in [1.29, 1.82) is 0 Å². The molecular weight excluding hydrogens is 210 g/mol. The van der Waals surface area contributed by atoms with E-state index in [1.54, 1.807) is 0 Å². The molecular formula is C15H31NO. The van der Waals surface area contributed by atoms with Gasteiger partial charge in [-0.05, 0) is 39.2 Å². The van der Waals surface area contributed by atoms with Gasteiger partial charge < -0.3 is 10.1 Å². The number of hydrogen-bond acceptors (Lipinski definition) is 2. The van der Waals surface area contributed by atoms with Gasteiger partial charge in [0.2, 0.25) is 0 Å². The standard InChI is InChI=1S/C15H31NO/c1-6-8-9-14(16-10-7-2)15-11(3)12(4)17-13(15)5/h11-16H,6-10H2,1-5H3. The molecule has 1 aliphatic rings. The van der Waals surface area contributed by atoms with Crippen LogP contribution in [0, 0.1) is 11.8 Å². The molecule has 1 heterocycles. The number of ether oxygens (including phenoxy) is 1. The van der Waals surface area contributed by atoms with Crippen LogP contribution in [0.3, 0.4) is 0 Å². The lowest BCUT2D eigenvalue weighted by Crippen LogP contribution is -2.42. The maximum atomic E-state index is 5.99. The second-order valence-electron chi connectivity index (χ2n) is 5.69. The number of rotatable bonds is 7. The first-order valence-corrected chi connectivity index (χ1v) is 7.50. The molecule has 5 unspecified atom stereocenters. The van der Waals surface area contributed by atoms with Gasteiger partial charge in [-0.15, -0.1) is 0 Å². The molecule has 0 saturated carbocycles. The zero-order valence-corrected chi connectivity index (χ0v) is 12.3. The molecule has 102 valence electrons. The summed E-state index contributed by atoms with van der Waals surface area (Å²) in [5.41, 5.74) is 0. The summed E-state index contributed by atoms with van der Waals surface area (Å²) in [6, 6.07) is 0.643. The summed E-state index contributed by atoms with van der Waals surface area (Å²) in [5, 5.41) is 3.75. The van der Waals surface area contributed by atoms with Crippen molar-refractivity contribution in [2.75, 3.05) is 6.54 Å². The summed E-state index contributed by atoms with van der Waals surface area (Å²) in [4.78, 5) is 0. The highest BCUT2D eigenvalue weighted by Crippen LogP contribution is 2.35. The highest BCUT2D eigenvalue weighted by Gasteiger charge is 2.40. The Morgan fingerprint density at radius 3 is 2.24 bits per heavy atom. The lowest BCUT2D eigenvalue weighted by molar-refractivity contribution is 0.0471. The lowest BCUT2D eigenvalue weighted by atomic mass is 9.81. The number of nitrogens with one attached hydrogen (secondary N) is 1. The third-order valence-corrected chi connectivity index (χ3v) is 4.31. The smallest absolute Gasteiger partial charge is 0.0597 e. The van der Waals surface area contributed by atoms with Crippen molar-refractivity contribution in [1.82, 2.24) is 5.32 Å². The van der Waals surface area contributed by atoms with Crippen LogP contribution in [0.2, 0.25) is 0 Å². The van der Waals surface area contributed by atoms with Crippen molar-refractivity contribution < 1.29 is 4.74 Å². The number of hydrogen-bond donors (Lipinski definition) is 1. The Hall–Kier alpha value is -0.0800. The molecule has 0 aliphatic carbocycles. The third kappa shape index (κ3) is 3.96. The van der Waals surface area contributed by atoms with Gasteiger partial charge >= 0.3 is 0 Å². The summed E-state index contributed by atoms with van der Waals surface area (Å²) >= 11 is 0. The van der Waals surface area contributed by atoms with Gasteiger partial charge in [-0.25, -0.2) is 0 Å². The fourth-order valence-electron chi connectivity index (χ4n) is 3.17. The first-order valence-electron chi connectivity index (χ1n) is 7.50. The molecule has 1 aliphatic heterocycles. The van der Waals surface area contributed by atoms with Crippen LogP contribution in [0.15, 0.2) is 0 Å². The van der Waals surface area contributed by atoms with Gasteiger partial charge in [0.05, 0.1) is 12.2 Å². The van der Waals surface area contributed by atoms with Crippen LogP contribution < -0.4 is 5.32 Å². The second-order valence-corrected chi connectivity index (χ2v) is 5.69. The van der Waals surface area contributed by atoms with Crippen LogP contribution >= 0.6 is 0 Å². The van der Waals surface area contributed by atoms with Gasteiger partial charge in [0.1, 0.15) is 0 Å². The Balaban J connectivity index is 2.60. The van der Waals surface area contributed by atoms with Crippen LogP contribution in [-0.4, -0.2) is 24.8 Å². The first-order chi connectivity index (χ1) is 8.11. The quantitative estimate of drug-likeness (QED) is 0.735. The van der Waals surface area contributed by atoms with Gasteiger partial charge in [0, 0.05) is 12.0 Å². The van der Waals surface area contributed by atoms with E-state index in [0.29, 0.717) is 30.1 Å². The van der Waals surface area contributed by atoms with Crippen molar-refractivity contribution in [3.05, 3.63) is 0 Å². The molecule has 0 aromatic rings. The minimum absolute atomic E-state index is 0.409. The van der Waals surface area contributed by atoms with E-state index >= 15 is 0 Å². The predicted octanol–water partition coefficient (Wildman–Crippen LogP) is 3.60. The van der Waals surface area contributed by atoms with Crippen molar-refractivity contribution in [3.63, 3.8) is 0 Å². The number of unbranched alkanes of at least 4 members (excludes halogenated alkanes) is 1. The fraction of sp³-hybridized carbons (Fsp3) is 1.00. The fourth-order valence-corrected chi connectivity index (χ4v) is 3.17. The van der Waals surface area contributed by atoms with Crippen LogP contribution in [0.4, 0.5) is 0 Å². The Bertz CT molecular complexity index is 199. The zero-order chi connectivity index (χ0) is 12.8. The highest BCUT2D eigenvalue weighted by atomic mass is 16.5. The largest absolute Gasteiger partial charge is 0.375 e. The summed E-state index contributed by atoms with van der Waals surface area (Å²) in [6.45, 7) is 12.5. The summed E-state index contributed by atoms with van der Waals surface area (Å²) < 4.78 is 5.99. The minimum Gasteiger partial charge on any atom is -0.375 e. The molecule has 0 bridgehead atoms. The van der Waals surface area contributed by atoms with Gasteiger partial charge in [0.25, 0.3) is 0 Å². The Labute approximate surface area is 108 Å². The molecule has 0 aromatic carbocycles. The Morgan fingerprint density at radius 2 is 1.76 bits per heavy atom. The zero-order valence-electron chi connectivity index (χ0n) is 12.3. The van der Waals surface area contributed by atoms with Crippen LogP contribution in [-0.2, 0) is 4.74 Å². The van der Waals surface area contributed by atoms with Crippen molar-refractivity contribution in [2.45, 2.75) is 78.6 Å². The summed E-state index contributed by atoms with van der Waals surface area (Å²) in [5.74, 6) is 1.36. The van der Waals surface area contributed by atoms with Crippen molar-refractivity contribution in [2.24, 2.45) is 11.8 Å². The molecule has 1 saturated heterocycles.